The summed E-state index contributed by atoms with van der Waals surface area (Å²) in [7, 11) is 0. The smallest absolute Gasteiger partial charge is 0.306 e. The second-order valence-electron chi connectivity index (χ2n) is 7.36. The maximum atomic E-state index is 11.4. The number of carbonyl (C=O) groups is 1. The molecule has 0 aliphatic rings. The molecule has 0 amide bonds. The standard InChI is InChI=1S/C20H40O2/c1-18(2)16-14-12-10-8-6-5-7-9-11-13-15-17-20(21)22-19(3)4/h18-19H,5-17H2,1-4H3. The van der Waals surface area contributed by atoms with Crippen LogP contribution >= 0.6 is 0 Å². The van der Waals surface area contributed by atoms with Crippen molar-refractivity contribution in [3.63, 3.8) is 0 Å². The predicted molar refractivity (Wildman–Crippen MR) is 96.1 cm³/mol. The van der Waals surface area contributed by atoms with Crippen LogP contribution < -0.4 is 0 Å². The quantitative estimate of drug-likeness (QED) is 0.249. The Bertz CT molecular complexity index is 246. The molecule has 2 nitrogen and oxygen atoms in total. The van der Waals surface area contributed by atoms with Crippen LogP contribution in [0.1, 0.15) is 111 Å². The normalized spacial score (nSPS) is 11.4. The average Bonchev–Trinajstić information content (AvgIpc) is 2.42. The Balaban J connectivity index is 3.10. The third-order valence-electron chi connectivity index (χ3n) is 4.03. The van der Waals surface area contributed by atoms with E-state index in [2.05, 4.69) is 13.8 Å². The largest absolute Gasteiger partial charge is 0.463 e. The Labute approximate surface area is 139 Å². The van der Waals surface area contributed by atoms with Gasteiger partial charge in [0.1, 0.15) is 0 Å². The number of rotatable bonds is 15. The van der Waals surface area contributed by atoms with E-state index in [-0.39, 0.29) is 12.1 Å². The maximum absolute atomic E-state index is 11.4. The topological polar surface area (TPSA) is 26.3 Å². The summed E-state index contributed by atoms with van der Waals surface area (Å²) in [5.74, 6) is 0.833. The van der Waals surface area contributed by atoms with Crippen LogP contribution in [0, 0.1) is 5.92 Å². The van der Waals surface area contributed by atoms with Crippen molar-refractivity contribution in [2.24, 2.45) is 5.92 Å². The number of esters is 1. The fraction of sp³-hybridized carbons (Fsp3) is 0.950. The van der Waals surface area contributed by atoms with Gasteiger partial charge < -0.3 is 4.74 Å². The van der Waals surface area contributed by atoms with Gasteiger partial charge in [-0.1, -0.05) is 84.5 Å². The molecule has 0 N–H and O–H groups in total. The zero-order valence-electron chi connectivity index (χ0n) is 15.7. The first kappa shape index (κ1) is 21.5. The number of hydrogen-bond donors (Lipinski definition) is 0. The second kappa shape index (κ2) is 15.4. The molecule has 0 unspecified atom stereocenters. The molecular weight excluding hydrogens is 272 g/mol. The molecular formula is C20H40O2. The molecule has 0 aliphatic heterocycles. The van der Waals surface area contributed by atoms with E-state index in [4.69, 9.17) is 4.74 Å². The number of hydrogen-bond acceptors (Lipinski definition) is 2. The van der Waals surface area contributed by atoms with Crippen LogP contribution in [0.4, 0.5) is 0 Å². The van der Waals surface area contributed by atoms with Crippen molar-refractivity contribution in [3.05, 3.63) is 0 Å². The molecule has 0 saturated carbocycles. The zero-order chi connectivity index (χ0) is 16.6. The minimum absolute atomic E-state index is 0.0258. The van der Waals surface area contributed by atoms with Crippen molar-refractivity contribution in [3.8, 4) is 0 Å². The Morgan fingerprint density at radius 1 is 0.682 bits per heavy atom. The van der Waals surface area contributed by atoms with Gasteiger partial charge in [0.05, 0.1) is 6.10 Å². The van der Waals surface area contributed by atoms with E-state index in [0.717, 1.165) is 12.3 Å². The molecule has 0 aromatic carbocycles. The molecule has 0 saturated heterocycles. The van der Waals surface area contributed by atoms with E-state index < -0.39 is 0 Å². The molecule has 0 spiro atoms. The summed E-state index contributed by atoms with van der Waals surface area (Å²) in [6.45, 7) is 8.44. The summed E-state index contributed by atoms with van der Waals surface area (Å²) < 4.78 is 5.12. The van der Waals surface area contributed by atoms with Crippen LogP contribution in [0.15, 0.2) is 0 Å². The van der Waals surface area contributed by atoms with Crippen LogP contribution in [0.5, 0.6) is 0 Å². The lowest BCUT2D eigenvalue weighted by atomic mass is 10.0. The molecule has 0 aromatic heterocycles. The van der Waals surface area contributed by atoms with Crippen LogP contribution in [-0.2, 0) is 9.53 Å². The van der Waals surface area contributed by atoms with Gasteiger partial charge in [0.2, 0.25) is 0 Å². The highest BCUT2D eigenvalue weighted by Gasteiger charge is 2.04. The first-order valence-corrected chi connectivity index (χ1v) is 9.72. The molecule has 0 heterocycles. The van der Waals surface area contributed by atoms with Crippen molar-refractivity contribution in [2.45, 2.75) is 117 Å². The fourth-order valence-electron chi connectivity index (χ4n) is 2.73. The van der Waals surface area contributed by atoms with E-state index in [9.17, 15) is 4.79 Å². The Morgan fingerprint density at radius 2 is 1.09 bits per heavy atom. The first-order valence-electron chi connectivity index (χ1n) is 9.72. The van der Waals surface area contributed by atoms with Crippen molar-refractivity contribution < 1.29 is 9.53 Å². The molecule has 0 atom stereocenters. The van der Waals surface area contributed by atoms with Crippen LogP contribution in [0.2, 0.25) is 0 Å². The van der Waals surface area contributed by atoms with Crippen molar-refractivity contribution >= 4 is 5.97 Å². The Hall–Kier alpha value is -0.530. The average molecular weight is 313 g/mol. The predicted octanol–water partition coefficient (Wildman–Crippen LogP) is 6.67. The number of unbranched alkanes of at least 4 members (excludes halogenated alkanes) is 10. The molecule has 0 aliphatic carbocycles. The maximum Gasteiger partial charge on any atom is 0.306 e. The van der Waals surface area contributed by atoms with Crippen molar-refractivity contribution in [2.75, 3.05) is 0 Å². The van der Waals surface area contributed by atoms with Crippen LogP contribution in [0.25, 0.3) is 0 Å². The summed E-state index contributed by atoms with van der Waals surface area (Å²) in [4.78, 5) is 11.4. The van der Waals surface area contributed by atoms with E-state index in [1.54, 1.807) is 0 Å². The van der Waals surface area contributed by atoms with Crippen molar-refractivity contribution in [1.82, 2.24) is 0 Å². The highest BCUT2D eigenvalue weighted by atomic mass is 16.5. The SMILES string of the molecule is CC(C)CCCCCCCCCCCCCC(=O)OC(C)C. The lowest BCUT2D eigenvalue weighted by Crippen LogP contribution is -2.10. The summed E-state index contributed by atoms with van der Waals surface area (Å²) in [6, 6.07) is 0. The Kier molecular flexibility index (Phi) is 15.0. The van der Waals surface area contributed by atoms with Gasteiger partial charge >= 0.3 is 5.97 Å². The fourth-order valence-corrected chi connectivity index (χ4v) is 2.73. The lowest BCUT2D eigenvalue weighted by molar-refractivity contribution is -0.147. The lowest BCUT2D eigenvalue weighted by Gasteiger charge is -2.07. The number of carbonyl (C=O) groups excluding carboxylic acids is 1. The van der Waals surface area contributed by atoms with Gasteiger partial charge in [-0.2, -0.15) is 0 Å². The van der Waals surface area contributed by atoms with Gasteiger partial charge in [0.15, 0.2) is 0 Å². The minimum atomic E-state index is -0.0348. The monoisotopic (exact) mass is 312 g/mol. The van der Waals surface area contributed by atoms with E-state index in [1.165, 1.54) is 70.6 Å². The molecule has 0 bridgehead atoms. The van der Waals surface area contributed by atoms with Gasteiger partial charge in [-0.15, -0.1) is 0 Å². The highest BCUT2D eigenvalue weighted by Crippen LogP contribution is 2.14. The van der Waals surface area contributed by atoms with Gasteiger partial charge in [-0.25, -0.2) is 0 Å². The summed E-state index contributed by atoms with van der Waals surface area (Å²) in [5.41, 5.74) is 0. The van der Waals surface area contributed by atoms with Gasteiger partial charge in [-0.05, 0) is 26.2 Å². The van der Waals surface area contributed by atoms with Crippen LogP contribution in [0.3, 0.4) is 0 Å². The van der Waals surface area contributed by atoms with Gasteiger partial charge in [0, 0.05) is 6.42 Å². The number of ether oxygens (including phenoxy) is 1. The van der Waals surface area contributed by atoms with Gasteiger partial charge in [-0.3, -0.25) is 4.79 Å². The van der Waals surface area contributed by atoms with E-state index in [1.807, 2.05) is 13.8 Å². The van der Waals surface area contributed by atoms with E-state index >= 15 is 0 Å². The molecule has 0 fully saturated rings. The highest BCUT2D eigenvalue weighted by molar-refractivity contribution is 5.69. The molecule has 0 rings (SSSR count). The molecule has 132 valence electrons. The summed E-state index contributed by atoms with van der Waals surface area (Å²) >= 11 is 0. The third-order valence-corrected chi connectivity index (χ3v) is 4.03. The first-order chi connectivity index (χ1) is 10.5. The molecule has 2 heteroatoms. The van der Waals surface area contributed by atoms with Gasteiger partial charge in [0.25, 0.3) is 0 Å². The minimum Gasteiger partial charge on any atom is -0.463 e. The molecule has 0 radical (unpaired) electrons. The summed E-state index contributed by atoms with van der Waals surface area (Å²) in [5, 5.41) is 0. The third kappa shape index (κ3) is 17.5. The zero-order valence-corrected chi connectivity index (χ0v) is 15.7. The Morgan fingerprint density at radius 3 is 1.50 bits per heavy atom. The second-order valence-corrected chi connectivity index (χ2v) is 7.36. The van der Waals surface area contributed by atoms with Crippen LogP contribution in [-0.4, -0.2) is 12.1 Å². The summed E-state index contributed by atoms with van der Waals surface area (Å²) in [6.07, 6.45) is 16.6. The van der Waals surface area contributed by atoms with E-state index in [0.29, 0.717) is 6.42 Å². The molecule has 22 heavy (non-hydrogen) atoms. The molecule has 0 aromatic rings. The van der Waals surface area contributed by atoms with Crippen molar-refractivity contribution in [1.29, 1.82) is 0 Å².